The number of nitrogens with zero attached hydrogens (tertiary/aromatic N) is 6. The van der Waals surface area contributed by atoms with Gasteiger partial charge in [-0.3, -0.25) is 4.79 Å². The number of benzene rings is 1. The van der Waals surface area contributed by atoms with Crippen LogP contribution < -0.4 is 5.32 Å². The zero-order chi connectivity index (χ0) is 18.7. The van der Waals surface area contributed by atoms with Crippen LogP contribution in [0.1, 0.15) is 53.7 Å². The minimum Gasteiger partial charge on any atom is -0.307 e. The molecule has 2 aromatic heterocycles. The Morgan fingerprint density at radius 3 is 2.58 bits per heavy atom. The van der Waals surface area contributed by atoms with Crippen molar-refractivity contribution in [3.8, 4) is 0 Å². The molecule has 0 aliphatic rings. The number of hydrogen-bond donors (Lipinski definition) is 1. The molecule has 0 saturated carbocycles. The lowest BCUT2D eigenvalue weighted by atomic mass is 10.1. The lowest BCUT2D eigenvalue weighted by Crippen LogP contribution is -2.17. The molecule has 1 N–H and O–H groups in total. The molecule has 0 fully saturated rings. The highest BCUT2D eigenvalue weighted by Crippen LogP contribution is 2.19. The Hall–Kier alpha value is -3.03. The third-order valence-electron chi connectivity index (χ3n) is 4.37. The molecule has 0 spiro atoms. The summed E-state index contributed by atoms with van der Waals surface area (Å²) in [5.74, 6) is 1.32. The summed E-state index contributed by atoms with van der Waals surface area (Å²) in [6.07, 6.45) is 0.940. The van der Waals surface area contributed by atoms with Crippen LogP contribution in [0.4, 0.5) is 5.82 Å². The molecule has 26 heavy (non-hydrogen) atoms. The monoisotopic (exact) mass is 353 g/mol. The Bertz CT molecular complexity index is 895. The fraction of sp³-hybridized carbons (Fsp3) is 0.389. The summed E-state index contributed by atoms with van der Waals surface area (Å²) in [6, 6.07) is 9.54. The third kappa shape index (κ3) is 3.79. The van der Waals surface area contributed by atoms with E-state index in [1.165, 1.54) is 0 Å². The third-order valence-corrected chi connectivity index (χ3v) is 4.37. The summed E-state index contributed by atoms with van der Waals surface area (Å²) in [5.41, 5.74) is 2.50. The molecule has 1 amide bonds. The van der Waals surface area contributed by atoms with E-state index in [0.29, 0.717) is 12.1 Å². The maximum absolute atomic E-state index is 12.6. The lowest BCUT2D eigenvalue weighted by molar-refractivity contribution is 0.102. The minimum atomic E-state index is -0.153. The van der Waals surface area contributed by atoms with Crippen LogP contribution in [0.25, 0.3) is 0 Å². The van der Waals surface area contributed by atoms with Gasteiger partial charge < -0.3 is 5.32 Å². The molecule has 2 heterocycles. The van der Waals surface area contributed by atoms with Crippen LogP contribution in [0.2, 0.25) is 0 Å². The second-order valence-corrected chi connectivity index (χ2v) is 6.41. The van der Waals surface area contributed by atoms with Gasteiger partial charge in [-0.05, 0) is 55.3 Å². The van der Waals surface area contributed by atoms with Crippen molar-refractivity contribution in [2.75, 3.05) is 5.32 Å². The molecule has 3 aromatic rings. The zero-order valence-electron chi connectivity index (χ0n) is 15.5. The number of rotatable bonds is 6. The molecule has 8 heteroatoms. The number of tetrazole rings is 1. The standard InChI is InChI=1S/C18H23N7O/c1-5-13(3)25-17(10-12(2)21-25)19-18(26)16-8-6-15(7-9-16)11-24-14(4)20-22-23-24/h6-10,13H,5,11H2,1-4H3,(H,19,26). The molecule has 1 unspecified atom stereocenters. The van der Waals surface area contributed by atoms with E-state index in [-0.39, 0.29) is 11.9 Å². The van der Waals surface area contributed by atoms with E-state index >= 15 is 0 Å². The van der Waals surface area contributed by atoms with Gasteiger partial charge in [0.15, 0.2) is 0 Å². The lowest BCUT2D eigenvalue weighted by Gasteiger charge is -2.14. The summed E-state index contributed by atoms with van der Waals surface area (Å²) in [7, 11) is 0. The smallest absolute Gasteiger partial charge is 0.256 e. The van der Waals surface area contributed by atoms with E-state index in [0.717, 1.165) is 29.3 Å². The highest BCUT2D eigenvalue weighted by molar-refractivity contribution is 6.03. The normalized spacial score (nSPS) is 12.2. The number of aromatic nitrogens is 6. The van der Waals surface area contributed by atoms with Gasteiger partial charge in [0.1, 0.15) is 11.6 Å². The fourth-order valence-corrected chi connectivity index (χ4v) is 2.64. The van der Waals surface area contributed by atoms with Gasteiger partial charge in [0.2, 0.25) is 0 Å². The summed E-state index contributed by atoms with van der Waals surface area (Å²) in [5, 5.41) is 18.9. The quantitative estimate of drug-likeness (QED) is 0.736. The first-order valence-electron chi connectivity index (χ1n) is 8.67. The number of hydrogen-bond acceptors (Lipinski definition) is 5. The van der Waals surface area contributed by atoms with Crippen LogP contribution >= 0.6 is 0 Å². The first kappa shape index (κ1) is 17.8. The van der Waals surface area contributed by atoms with Crippen LogP contribution in [0, 0.1) is 13.8 Å². The van der Waals surface area contributed by atoms with Gasteiger partial charge in [-0.1, -0.05) is 19.1 Å². The topological polar surface area (TPSA) is 90.5 Å². The average molecular weight is 353 g/mol. The van der Waals surface area contributed by atoms with E-state index in [9.17, 15) is 4.79 Å². The van der Waals surface area contributed by atoms with Crippen molar-refractivity contribution in [3.05, 3.63) is 53.0 Å². The molecular formula is C18H23N7O. The van der Waals surface area contributed by atoms with Crippen molar-refractivity contribution in [1.29, 1.82) is 0 Å². The molecule has 136 valence electrons. The van der Waals surface area contributed by atoms with Crippen molar-refractivity contribution < 1.29 is 4.79 Å². The van der Waals surface area contributed by atoms with Gasteiger partial charge in [-0.2, -0.15) is 5.10 Å². The number of nitrogens with one attached hydrogen (secondary N) is 1. The van der Waals surface area contributed by atoms with Gasteiger partial charge in [0, 0.05) is 11.6 Å². The maximum Gasteiger partial charge on any atom is 0.256 e. The van der Waals surface area contributed by atoms with Gasteiger partial charge in [0.05, 0.1) is 18.3 Å². The molecule has 1 aromatic carbocycles. The summed E-state index contributed by atoms with van der Waals surface area (Å²) >= 11 is 0. The molecule has 1 atom stereocenters. The highest BCUT2D eigenvalue weighted by atomic mass is 16.1. The second-order valence-electron chi connectivity index (χ2n) is 6.41. The van der Waals surface area contributed by atoms with Crippen LogP contribution in [-0.4, -0.2) is 35.9 Å². The Labute approximate surface area is 152 Å². The Kier molecular flexibility index (Phi) is 5.11. The predicted molar refractivity (Wildman–Crippen MR) is 98.0 cm³/mol. The molecule has 8 nitrogen and oxygen atoms in total. The number of amides is 1. The Morgan fingerprint density at radius 1 is 1.23 bits per heavy atom. The van der Waals surface area contributed by atoms with Crippen molar-refractivity contribution in [1.82, 2.24) is 30.0 Å². The summed E-state index contributed by atoms with van der Waals surface area (Å²) in [4.78, 5) is 12.6. The molecule has 0 radical (unpaired) electrons. The summed E-state index contributed by atoms with van der Waals surface area (Å²) < 4.78 is 3.57. The van der Waals surface area contributed by atoms with Gasteiger partial charge >= 0.3 is 0 Å². The molecule has 0 saturated heterocycles. The van der Waals surface area contributed by atoms with E-state index in [1.807, 2.05) is 36.7 Å². The number of anilines is 1. The number of carbonyl (C=O) groups is 1. The largest absolute Gasteiger partial charge is 0.307 e. The van der Waals surface area contributed by atoms with Crippen LogP contribution in [0.3, 0.4) is 0 Å². The molecule has 0 bridgehead atoms. The SMILES string of the molecule is CCC(C)n1nc(C)cc1NC(=O)c1ccc(Cn2nnnc2C)cc1. The number of carbonyl (C=O) groups excluding carboxylic acids is 1. The fourth-order valence-electron chi connectivity index (χ4n) is 2.64. The van der Waals surface area contributed by atoms with E-state index in [4.69, 9.17) is 0 Å². The predicted octanol–water partition coefficient (Wildman–Crippen LogP) is 2.76. The first-order chi connectivity index (χ1) is 12.5. The highest BCUT2D eigenvalue weighted by Gasteiger charge is 2.14. The molecule has 0 aliphatic carbocycles. The Balaban J connectivity index is 1.72. The van der Waals surface area contributed by atoms with Crippen molar-refractivity contribution in [3.63, 3.8) is 0 Å². The second kappa shape index (κ2) is 7.47. The zero-order valence-corrected chi connectivity index (χ0v) is 15.5. The first-order valence-corrected chi connectivity index (χ1v) is 8.67. The molecular weight excluding hydrogens is 330 g/mol. The van der Waals surface area contributed by atoms with E-state index < -0.39 is 0 Å². The van der Waals surface area contributed by atoms with Gasteiger partial charge in [-0.15, -0.1) is 5.10 Å². The van der Waals surface area contributed by atoms with Crippen LogP contribution in [-0.2, 0) is 6.54 Å². The van der Waals surface area contributed by atoms with Gasteiger partial charge in [-0.25, -0.2) is 9.36 Å². The minimum absolute atomic E-state index is 0.153. The van der Waals surface area contributed by atoms with Crippen LogP contribution in [0.15, 0.2) is 30.3 Å². The number of aryl methyl sites for hydroxylation is 2. The molecule has 0 aliphatic heterocycles. The van der Waals surface area contributed by atoms with E-state index in [2.05, 4.69) is 39.8 Å². The molecule has 3 rings (SSSR count). The maximum atomic E-state index is 12.6. The van der Waals surface area contributed by atoms with E-state index in [1.54, 1.807) is 16.8 Å². The Morgan fingerprint density at radius 2 is 1.96 bits per heavy atom. The van der Waals surface area contributed by atoms with Crippen molar-refractivity contribution >= 4 is 11.7 Å². The summed E-state index contributed by atoms with van der Waals surface area (Å²) in [6.45, 7) is 8.52. The van der Waals surface area contributed by atoms with Gasteiger partial charge in [0.25, 0.3) is 5.91 Å². The van der Waals surface area contributed by atoms with Crippen LogP contribution in [0.5, 0.6) is 0 Å². The van der Waals surface area contributed by atoms with Crippen molar-refractivity contribution in [2.45, 2.75) is 46.7 Å². The average Bonchev–Trinajstić information content (AvgIpc) is 3.20. The van der Waals surface area contributed by atoms with Crippen molar-refractivity contribution in [2.24, 2.45) is 0 Å².